The quantitative estimate of drug-likeness (QED) is 0.178. The Morgan fingerprint density at radius 3 is 1.42 bits per heavy atom. The lowest BCUT2D eigenvalue weighted by Gasteiger charge is -2.10. The fourth-order valence-electron chi connectivity index (χ4n) is 8.27. The van der Waals surface area contributed by atoms with Crippen LogP contribution in [0.2, 0.25) is 0 Å². The van der Waals surface area contributed by atoms with Gasteiger partial charge in [-0.1, -0.05) is 121 Å². The second kappa shape index (κ2) is 11.7. The molecule has 0 aliphatic rings. The van der Waals surface area contributed by atoms with Crippen molar-refractivity contribution in [1.82, 2.24) is 9.13 Å². The zero-order valence-electron chi connectivity index (χ0n) is 28.8. The summed E-state index contributed by atoms with van der Waals surface area (Å²) < 4.78 is 11.1. The maximum atomic E-state index is 6.52. The van der Waals surface area contributed by atoms with Crippen LogP contribution in [0.5, 0.6) is 0 Å². The Kier molecular flexibility index (Phi) is 6.55. The number of aromatic nitrogens is 2. The molecule has 3 aromatic heterocycles. The lowest BCUT2D eigenvalue weighted by molar-refractivity contribution is 0.645. The second-order valence-electron chi connectivity index (χ2n) is 13.8. The van der Waals surface area contributed by atoms with Gasteiger partial charge in [0.25, 0.3) is 0 Å². The second-order valence-corrected chi connectivity index (χ2v) is 13.8. The largest absolute Gasteiger partial charge is 0.439 e. The highest BCUT2D eigenvalue weighted by atomic mass is 16.3. The molecule has 0 unspecified atom stereocenters. The summed E-state index contributed by atoms with van der Waals surface area (Å²) in [6, 6.07) is 69.7. The zero-order chi connectivity index (χ0) is 34.9. The molecule has 0 radical (unpaired) electrons. The van der Waals surface area contributed by atoms with Crippen molar-refractivity contribution in [2.75, 3.05) is 0 Å². The Labute approximate surface area is 306 Å². The van der Waals surface area contributed by atoms with E-state index in [0.717, 1.165) is 33.3 Å². The molecule has 11 aromatic rings. The van der Waals surface area contributed by atoms with E-state index in [4.69, 9.17) is 4.42 Å². The monoisotopic (exact) mass is 676 g/mol. The third-order valence-corrected chi connectivity index (χ3v) is 10.7. The molecule has 3 nitrogen and oxygen atoms in total. The lowest BCUT2D eigenvalue weighted by Crippen LogP contribution is -1.92. The first-order valence-corrected chi connectivity index (χ1v) is 18.1. The molecule has 0 N–H and O–H groups in total. The van der Waals surface area contributed by atoms with Crippen molar-refractivity contribution in [2.24, 2.45) is 0 Å². The average Bonchev–Trinajstić information content (AvgIpc) is 3.88. The Balaban J connectivity index is 1.01. The first kappa shape index (κ1) is 29.6. The first-order valence-electron chi connectivity index (χ1n) is 18.1. The third-order valence-electron chi connectivity index (χ3n) is 10.7. The highest BCUT2D eigenvalue weighted by molar-refractivity contribution is 6.20. The summed E-state index contributed by atoms with van der Waals surface area (Å²) in [7, 11) is 0. The van der Waals surface area contributed by atoms with Gasteiger partial charge in [-0.2, -0.15) is 0 Å². The minimum atomic E-state index is 0.873. The van der Waals surface area contributed by atoms with Gasteiger partial charge in [-0.15, -0.1) is 0 Å². The number of benzene rings is 8. The van der Waals surface area contributed by atoms with Crippen LogP contribution >= 0.6 is 0 Å². The van der Waals surface area contributed by atoms with Crippen molar-refractivity contribution in [3.63, 3.8) is 0 Å². The van der Waals surface area contributed by atoms with E-state index in [1.54, 1.807) is 0 Å². The Bertz CT molecular complexity index is 3160. The molecule has 248 valence electrons. The van der Waals surface area contributed by atoms with Gasteiger partial charge in [-0.25, -0.2) is 0 Å². The van der Waals surface area contributed by atoms with Gasteiger partial charge in [0.1, 0.15) is 5.58 Å². The van der Waals surface area contributed by atoms with Crippen LogP contribution in [-0.4, -0.2) is 9.13 Å². The van der Waals surface area contributed by atoms with Gasteiger partial charge >= 0.3 is 0 Å². The van der Waals surface area contributed by atoms with Gasteiger partial charge in [-0.3, -0.25) is 4.57 Å². The normalized spacial score (nSPS) is 11.8. The van der Waals surface area contributed by atoms with E-state index in [9.17, 15) is 0 Å². The van der Waals surface area contributed by atoms with E-state index < -0.39 is 0 Å². The van der Waals surface area contributed by atoms with Gasteiger partial charge in [-0.05, 0) is 106 Å². The van der Waals surface area contributed by atoms with Gasteiger partial charge in [0.15, 0.2) is 0 Å². The summed E-state index contributed by atoms with van der Waals surface area (Å²) in [4.78, 5) is 0. The average molecular weight is 677 g/mol. The fraction of sp³-hybridized carbons (Fsp3) is 0. The van der Waals surface area contributed by atoms with Crippen molar-refractivity contribution in [2.45, 2.75) is 0 Å². The first-order chi connectivity index (χ1) is 26.3. The standard InChI is InChI=1S/C50H32N2O/c1-3-17-39(18-4-1)51-45-23-9-7-21-41(45)43-31-37(25-27-46(43)51)35-15-11-13-33(29-35)34-14-12-16-36(30-34)38-26-28-47-44(32-38)49-42-22-8-10-24-48(42)53-50(49)52(47)40-19-5-2-6-20-40/h1-32H. The molecule has 0 bridgehead atoms. The van der Waals surface area contributed by atoms with Gasteiger partial charge in [0, 0.05) is 32.9 Å². The SMILES string of the molecule is c1ccc(-n2c3ccccc3c3cc(-c4cccc(-c5cccc(-c6ccc7c(c6)c6c8ccccc8oc6n7-c6ccccc6)c5)c4)ccc32)cc1. The van der Waals surface area contributed by atoms with E-state index >= 15 is 0 Å². The summed E-state index contributed by atoms with van der Waals surface area (Å²) in [5, 5.41) is 5.98. The van der Waals surface area contributed by atoms with E-state index in [1.165, 1.54) is 66.3 Å². The molecular formula is C50H32N2O. The highest BCUT2D eigenvalue weighted by Crippen LogP contribution is 2.41. The summed E-state index contributed by atoms with van der Waals surface area (Å²) in [5.41, 5.74) is 14.7. The molecule has 53 heavy (non-hydrogen) atoms. The van der Waals surface area contributed by atoms with Crippen LogP contribution in [0.3, 0.4) is 0 Å². The molecule has 0 spiro atoms. The van der Waals surface area contributed by atoms with Crippen LogP contribution in [0, 0.1) is 0 Å². The molecule has 0 amide bonds. The fourth-order valence-corrected chi connectivity index (χ4v) is 8.27. The van der Waals surface area contributed by atoms with Gasteiger partial charge in [0.05, 0.1) is 21.9 Å². The number of fused-ring (bicyclic) bond motifs is 8. The van der Waals surface area contributed by atoms with Gasteiger partial charge in [0.2, 0.25) is 5.71 Å². The van der Waals surface area contributed by atoms with Crippen LogP contribution in [0.4, 0.5) is 0 Å². The molecule has 0 atom stereocenters. The molecule has 0 aliphatic heterocycles. The van der Waals surface area contributed by atoms with Crippen LogP contribution in [-0.2, 0) is 0 Å². The van der Waals surface area contributed by atoms with Crippen molar-refractivity contribution < 1.29 is 4.42 Å². The number of hydrogen-bond donors (Lipinski definition) is 0. The molecule has 0 fully saturated rings. The minimum absolute atomic E-state index is 0.873. The maximum Gasteiger partial charge on any atom is 0.213 e. The number of nitrogens with zero attached hydrogens (tertiary/aromatic N) is 2. The van der Waals surface area contributed by atoms with Crippen molar-refractivity contribution in [1.29, 1.82) is 0 Å². The van der Waals surface area contributed by atoms with Crippen LogP contribution < -0.4 is 0 Å². The van der Waals surface area contributed by atoms with Crippen LogP contribution in [0.1, 0.15) is 0 Å². The summed E-state index contributed by atoms with van der Waals surface area (Å²) in [5.74, 6) is 0. The minimum Gasteiger partial charge on any atom is -0.439 e. The number of rotatable bonds is 5. The third kappa shape index (κ3) is 4.68. The molecule has 3 heterocycles. The van der Waals surface area contributed by atoms with Crippen molar-refractivity contribution in [3.8, 4) is 44.8 Å². The van der Waals surface area contributed by atoms with Crippen LogP contribution in [0.25, 0.3) is 99.5 Å². The molecule has 8 aromatic carbocycles. The van der Waals surface area contributed by atoms with E-state index in [2.05, 4.69) is 197 Å². The van der Waals surface area contributed by atoms with Crippen molar-refractivity contribution >= 4 is 54.8 Å². The van der Waals surface area contributed by atoms with Crippen LogP contribution in [0.15, 0.2) is 199 Å². The predicted molar refractivity (Wildman–Crippen MR) is 221 cm³/mol. The smallest absolute Gasteiger partial charge is 0.213 e. The molecule has 3 heteroatoms. The maximum absolute atomic E-state index is 6.52. The number of para-hydroxylation sites is 4. The highest BCUT2D eigenvalue weighted by Gasteiger charge is 2.20. The lowest BCUT2D eigenvalue weighted by atomic mass is 9.95. The van der Waals surface area contributed by atoms with E-state index in [0.29, 0.717) is 0 Å². The molecule has 0 aliphatic carbocycles. The molecule has 11 rings (SSSR count). The summed E-state index contributed by atoms with van der Waals surface area (Å²) >= 11 is 0. The van der Waals surface area contributed by atoms with Crippen molar-refractivity contribution in [3.05, 3.63) is 194 Å². The molecule has 0 saturated heterocycles. The molecule has 0 saturated carbocycles. The number of hydrogen-bond acceptors (Lipinski definition) is 1. The summed E-state index contributed by atoms with van der Waals surface area (Å²) in [6.45, 7) is 0. The Morgan fingerprint density at radius 1 is 0.302 bits per heavy atom. The Hall–Kier alpha value is -7.10. The van der Waals surface area contributed by atoms with E-state index in [-0.39, 0.29) is 0 Å². The topological polar surface area (TPSA) is 23.0 Å². The van der Waals surface area contributed by atoms with Gasteiger partial charge < -0.3 is 8.98 Å². The summed E-state index contributed by atoms with van der Waals surface area (Å²) in [6.07, 6.45) is 0. The predicted octanol–water partition coefficient (Wildman–Crippen LogP) is 13.6. The van der Waals surface area contributed by atoms with E-state index in [1.807, 2.05) is 6.07 Å². The zero-order valence-corrected chi connectivity index (χ0v) is 28.8. The number of furan rings is 1. The molecular weight excluding hydrogens is 645 g/mol. The Morgan fingerprint density at radius 2 is 0.774 bits per heavy atom.